The summed E-state index contributed by atoms with van der Waals surface area (Å²) in [5.74, 6) is -4.92. The van der Waals surface area contributed by atoms with Crippen LogP contribution in [-0.2, 0) is 24.0 Å². The first-order valence-corrected chi connectivity index (χ1v) is 12.7. The molecule has 0 spiro atoms. The molecule has 20 N–H and O–H groups in total. The van der Waals surface area contributed by atoms with Gasteiger partial charge < -0.3 is 70.8 Å². The van der Waals surface area contributed by atoms with Crippen LogP contribution in [0.2, 0.25) is 0 Å². The van der Waals surface area contributed by atoms with Crippen LogP contribution < -0.4 is 40.1 Å². The maximum atomic E-state index is 10.1. The first-order valence-electron chi connectivity index (χ1n) is 12.7. The van der Waals surface area contributed by atoms with E-state index < -0.39 is 60.1 Å². The fourth-order valence-corrected chi connectivity index (χ4v) is 1.76. The normalized spacial score (nSPS) is 13.4. The van der Waals surface area contributed by atoms with E-state index >= 15 is 0 Å². The Hall–Kier alpha value is -2.97. The number of aliphatic carboxylic acids is 5. The molecular formula is C23H53N7O11. The van der Waals surface area contributed by atoms with Gasteiger partial charge in [-0.25, -0.2) is 0 Å². The smallest absolute Gasteiger partial charge is 0.323 e. The zero-order valence-electron chi connectivity index (χ0n) is 24.1. The standard InChI is InChI=1S/2C6H14N2O2.C5H11NO2.C4H9NO3.C2H5NO2/c2*7-4-2-1-3-5(8)6(9)10;1-3(2)4(6)5(7)8;1-2(6)3(5)4(7)8;3-1-2(4)5/h2*5H,1-4,7-8H2,(H,9,10);3-4H,6H2,1-2H3,(H,7,8);2-3,6H,5H2,1H3,(H,7,8);1,3H2,(H,4,5)/t2*5-;4-;2-,3+;/m0001./s1. The molecular weight excluding hydrogens is 550 g/mol. The third kappa shape index (κ3) is 41.7. The first kappa shape index (κ1) is 47.8. The van der Waals surface area contributed by atoms with E-state index in [-0.39, 0.29) is 12.5 Å². The third-order valence-electron chi connectivity index (χ3n) is 4.56. The van der Waals surface area contributed by atoms with E-state index in [1.807, 2.05) is 0 Å². The second kappa shape index (κ2) is 31.6. The fourth-order valence-electron chi connectivity index (χ4n) is 1.76. The summed E-state index contributed by atoms with van der Waals surface area (Å²) >= 11 is 0. The van der Waals surface area contributed by atoms with Crippen LogP contribution in [0, 0.1) is 5.92 Å². The molecule has 0 aliphatic heterocycles. The Morgan fingerprint density at radius 3 is 0.951 bits per heavy atom. The van der Waals surface area contributed by atoms with Gasteiger partial charge in [-0.15, -0.1) is 0 Å². The maximum absolute atomic E-state index is 10.1. The molecule has 0 heterocycles. The average molecular weight is 604 g/mol. The molecule has 0 aromatic rings. The van der Waals surface area contributed by atoms with Crippen LogP contribution in [0.3, 0.4) is 0 Å². The van der Waals surface area contributed by atoms with E-state index in [1.54, 1.807) is 13.8 Å². The summed E-state index contributed by atoms with van der Waals surface area (Å²) in [5, 5.41) is 49.0. The number of unbranched alkanes of at least 4 members (excludes halogenated alkanes) is 2. The number of hydrogen-bond acceptors (Lipinski definition) is 13. The number of carboxylic acid groups (broad SMARTS) is 5. The number of hydrogen-bond donors (Lipinski definition) is 13. The van der Waals surface area contributed by atoms with Crippen molar-refractivity contribution in [2.24, 2.45) is 46.1 Å². The predicted molar refractivity (Wildman–Crippen MR) is 151 cm³/mol. The van der Waals surface area contributed by atoms with Crippen molar-refractivity contribution in [2.75, 3.05) is 19.6 Å². The number of rotatable bonds is 15. The Morgan fingerprint density at radius 2 is 0.854 bits per heavy atom. The molecule has 0 radical (unpaired) electrons. The Labute approximate surface area is 240 Å². The van der Waals surface area contributed by atoms with Crippen LogP contribution in [0.25, 0.3) is 0 Å². The van der Waals surface area contributed by atoms with E-state index in [0.717, 1.165) is 25.7 Å². The molecule has 0 unspecified atom stereocenters. The second-order valence-electron chi connectivity index (χ2n) is 8.77. The minimum absolute atomic E-state index is 0.0208. The van der Waals surface area contributed by atoms with E-state index in [4.69, 9.17) is 65.0 Å². The molecule has 0 aliphatic rings. The summed E-state index contributed by atoms with van der Waals surface area (Å²) in [6.07, 6.45) is 3.35. The van der Waals surface area contributed by atoms with Crippen molar-refractivity contribution in [3.63, 3.8) is 0 Å². The molecule has 41 heavy (non-hydrogen) atoms. The van der Waals surface area contributed by atoms with Crippen molar-refractivity contribution in [3.8, 4) is 0 Å². The SMILES string of the molecule is CC(C)[C@H](N)C(=O)O.C[C@@H](O)[C@H](N)C(=O)O.NCC(=O)O.NCCCC[C@H](N)C(=O)O.NCCCC[C@H](N)C(=O)O. The highest BCUT2D eigenvalue weighted by atomic mass is 16.4. The van der Waals surface area contributed by atoms with Gasteiger partial charge in [0, 0.05) is 0 Å². The highest BCUT2D eigenvalue weighted by Gasteiger charge is 2.16. The summed E-state index contributed by atoms with van der Waals surface area (Å²) in [7, 11) is 0. The van der Waals surface area contributed by atoms with Crippen molar-refractivity contribution in [1.82, 2.24) is 0 Å². The number of carbonyl (C=O) groups is 5. The van der Waals surface area contributed by atoms with E-state index in [1.165, 1.54) is 6.92 Å². The van der Waals surface area contributed by atoms with Gasteiger partial charge in [-0.2, -0.15) is 0 Å². The fraction of sp³-hybridized carbons (Fsp3) is 0.783. The quantitative estimate of drug-likeness (QED) is 0.0824. The second-order valence-corrected chi connectivity index (χ2v) is 8.77. The molecule has 18 nitrogen and oxygen atoms in total. The van der Waals surface area contributed by atoms with Gasteiger partial charge in [0.15, 0.2) is 0 Å². The van der Waals surface area contributed by atoms with Gasteiger partial charge in [0.05, 0.1) is 12.6 Å². The lowest BCUT2D eigenvalue weighted by Crippen LogP contribution is -2.39. The Morgan fingerprint density at radius 1 is 0.561 bits per heavy atom. The van der Waals surface area contributed by atoms with Crippen molar-refractivity contribution in [3.05, 3.63) is 0 Å². The Kier molecular flexibility index (Phi) is 36.8. The minimum Gasteiger partial charge on any atom is -0.480 e. The summed E-state index contributed by atoms with van der Waals surface area (Å²) in [5.41, 5.74) is 35.5. The van der Waals surface area contributed by atoms with Crippen LogP contribution in [0.1, 0.15) is 59.3 Å². The highest BCUT2D eigenvalue weighted by Crippen LogP contribution is 1.98. The summed E-state index contributed by atoms with van der Waals surface area (Å²) in [4.78, 5) is 49.4. The van der Waals surface area contributed by atoms with Crippen LogP contribution in [-0.4, -0.2) is 110 Å². The largest absolute Gasteiger partial charge is 0.480 e. The molecule has 0 fully saturated rings. The highest BCUT2D eigenvalue weighted by molar-refractivity contribution is 5.74. The molecule has 0 aliphatic carbocycles. The number of carboxylic acids is 5. The van der Waals surface area contributed by atoms with Crippen LogP contribution in [0.5, 0.6) is 0 Å². The topological polar surface area (TPSA) is 389 Å². The molecule has 0 saturated heterocycles. The van der Waals surface area contributed by atoms with Gasteiger partial charge in [0.25, 0.3) is 0 Å². The van der Waals surface area contributed by atoms with Crippen LogP contribution >= 0.6 is 0 Å². The summed E-state index contributed by atoms with van der Waals surface area (Å²) in [6.45, 7) is 5.81. The molecule has 0 aromatic carbocycles. The van der Waals surface area contributed by atoms with Crippen molar-refractivity contribution >= 4 is 29.8 Å². The van der Waals surface area contributed by atoms with Crippen molar-refractivity contribution < 1.29 is 54.6 Å². The number of aliphatic hydroxyl groups excluding tert-OH is 1. The lowest BCUT2D eigenvalue weighted by atomic mass is 10.1. The van der Waals surface area contributed by atoms with Gasteiger partial charge >= 0.3 is 29.8 Å². The van der Waals surface area contributed by atoms with Gasteiger partial charge in [0.2, 0.25) is 0 Å². The number of nitrogens with two attached hydrogens (primary N) is 7. The molecule has 0 amide bonds. The average Bonchev–Trinajstić information content (AvgIpc) is 2.88. The summed E-state index contributed by atoms with van der Waals surface area (Å²) < 4.78 is 0. The van der Waals surface area contributed by atoms with Crippen LogP contribution in [0.4, 0.5) is 0 Å². The molecule has 0 aromatic heterocycles. The third-order valence-corrected chi connectivity index (χ3v) is 4.56. The Balaban J connectivity index is -0.000000134. The zero-order valence-corrected chi connectivity index (χ0v) is 24.1. The van der Waals surface area contributed by atoms with Crippen molar-refractivity contribution in [1.29, 1.82) is 0 Å². The lowest BCUT2D eigenvalue weighted by molar-refractivity contribution is -0.141. The van der Waals surface area contributed by atoms with E-state index in [9.17, 15) is 24.0 Å². The lowest BCUT2D eigenvalue weighted by Gasteiger charge is -2.07. The molecule has 0 saturated carbocycles. The molecule has 5 atom stereocenters. The van der Waals surface area contributed by atoms with Gasteiger partial charge in [-0.1, -0.05) is 26.7 Å². The maximum Gasteiger partial charge on any atom is 0.323 e. The van der Waals surface area contributed by atoms with Gasteiger partial charge in [-0.3, -0.25) is 24.0 Å². The summed E-state index contributed by atoms with van der Waals surface area (Å²) in [6, 6.07) is -3.30. The van der Waals surface area contributed by atoms with E-state index in [2.05, 4.69) is 5.73 Å². The van der Waals surface area contributed by atoms with Gasteiger partial charge in [-0.05, 0) is 51.6 Å². The number of aliphatic hydroxyl groups is 1. The predicted octanol–water partition coefficient (Wildman–Crippen LogP) is -3.08. The molecule has 246 valence electrons. The molecule has 0 bridgehead atoms. The minimum atomic E-state index is -1.18. The molecule has 18 heteroatoms. The molecule has 0 rings (SSSR count). The van der Waals surface area contributed by atoms with Gasteiger partial charge in [0.1, 0.15) is 24.2 Å². The van der Waals surface area contributed by atoms with Crippen molar-refractivity contribution in [2.45, 2.75) is 89.6 Å². The van der Waals surface area contributed by atoms with E-state index in [0.29, 0.717) is 25.9 Å². The first-order chi connectivity index (χ1) is 18.7. The zero-order chi connectivity index (χ0) is 33.7. The Bertz CT molecular complexity index is 649. The monoisotopic (exact) mass is 603 g/mol. The van der Waals surface area contributed by atoms with Crippen LogP contribution in [0.15, 0.2) is 0 Å².